The first kappa shape index (κ1) is 26.7. The number of likely N-dealkylation sites (tertiary alicyclic amines) is 1. The number of morpholine rings is 1. The molecule has 2 aliphatic heterocycles. The predicted molar refractivity (Wildman–Crippen MR) is 121 cm³/mol. The highest BCUT2D eigenvalue weighted by Gasteiger charge is 2.34. The number of rotatable bonds is 8. The molecule has 0 aliphatic carbocycles. The number of ether oxygens (including phenoxy) is 1. The smallest absolute Gasteiger partial charge is 0.379 e. The first-order valence-electron chi connectivity index (χ1n) is 10.4. The van der Waals surface area contributed by atoms with Gasteiger partial charge in [0, 0.05) is 51.9 Å². The maximum Gasteiger partial charge on any atom is 0.401 e. The molecule has 2 heterocycles. The third kappa shape index (κ3) is 9.14. The Hall–Kier alpha value is -0.330. The van der Waals surface area contributed by atoms with E-state index in [1.54, 1.807) is 7.05 Å². The second-order valence-corrected chi connectivity index (χ2v) is 7.73. The van der Waals surface area contributed by atoms with Crippen LogP contribution in [0.25, 0.3) is 0 Å². The molecule has 6 nitrogen and oxygen atoms in total. The summed E-state index contributed by atoms with van der Waals surface area (Å²) in [6.07, 6.45) is -1.23. The number of halogens is 4. The minimum atomic E-state index is -4.14. The molecule has 2 aliphatic rings. The van der Waals surface area contributed by atoms with Gasteiger partial charge in [-0.3, -0.25) is 14.8 Å². The van der Waals surface area contributed by atoms with Crippen LogP contribution in [0.15, 0.2) is 4.99 Å². The summed E-state index contributed by atoms with van der Waals surface area (Å²) in [6, 6.07) is 0.381. The molecule has 2 fully saturated rings. The lowest BCUT2D eigenvalue weighted by Gasteiger charge is -2.39. The van der Waals surface area contributed by atoms with E-state index in [1.165, 1.54) is 4.90 Å². The summed E-state index contributed by atoms with van der Waals surface area (Å²) in [4.78, 5) is 8.23. The first-order valence-corrected chi connectivity index (χ1v) is 10.4. The van der Waals surface area contributed by atoms with E-state index in [2.05, 4.69) is 34.4 Å². The van der Waals surface area contributed by atoms with Gasteiger partial charge in [-0.1, -0.05) is 26.7 Å². The maximum absolute atomic E-state index is 12.6. The Kier molecular flexibility index (Phi) is 12.1. The van der Waals surface area contributed by atoms with Gasteiger partial charge in [0.05, 0.1) is 19.8 Å². The van der Waals surface area contributed by atoms with E-state index < -0.39 is 12.7 Å². The minimum Gasteiger partial charge on any atom is -0.379 e. The van der Waals surface area contributed by atoms with Gasteiger partial charge in [-0.15, -0.1) is 24.0 Å². The third-order valence-corrected chi connectivity index (χ3v) is 5.83. The molecule has 0 saturated carbocycles. The summed E-state index contributed by atoms with van der Waals surface area (Å²) >= 11 is 0. The Morgan fingerprint density at radius 2 is 1.83 bits per heavy atom. The van der Waals surface area contributed by atoms with Crippen molar-refractivity contribution in [2.45, 2.75) is 51.4 Å². The average molecular weight is 535 g/mol. The second-order valence-electron chi connectivity index (χ2n) is 7.73. The van der Waals surface area contributed by atoms with Crippen LogP contribution in [0.1, 0.15) is 33.1 Å². The van der Waals surface area contributed by atoms with Crippen LogP contribution < -0.4 is 10.6 Å². The summed E-state index contributed by atoms with van der Waals surface area (Å²) in [5, 5.41) is 6.72. The molecule has 10 heteroatoms. The van der Waals surface area contributed by atoms with Gasteiger partial charge in [0.2, 0.25) is 0 Å². The SMILES string of the molecule is CCC(CC)C(CNC(=NC)NC1CCN(CC(F)(F)F)C1)N1CCOCC1.I. The Labute approximate surface area is 190 Å². The van der Waals surface area contributed by atoms with E-state index in [-0.39, 0.29) is 30.0 Å². The van der Waals surface area contributed by atoms with Crippen molar-refractivity contribution in [1.29, 1.82) is 0 Å². The monoisotopic (exact) mass is 535 g/mol. The van der Waals surface area contributed by atoms with E-state index >= 15 is 0 Å². The van der Waals surface area contributed by atoms with Crippen LogP contribution in [-0.4, -0.2) is 93.5 Å². The average Bonchev–Trinajstić information content (AvgIpc) is 3.09. The Morgan fingerprint density at radius 1 is 1.17 bits per heavy atom. The Morgan fingerprint density at radius 3 is 2.38 bits per heavy atom. The number of alkyl halides is 3. The molecule has 0 aromatic carbocycles. The lowest BCUT2D eigenvalue weighted by Crippen LogP contribution is -2.54. The molecule has 2 unspecified atom stereocenters. The quantitative estimate of drug-likeness (QED) is 0.285. The van der Waals surface area contributed by atoms with Crippen molar-refractivity contribution in [2.24, 2.45) is 10.9 Å². The van der Waals surface area contributed by atoms with Crippen molar-refractivity contribution in [3.05, 3.63) is 0 Å². The van der Waals surface area contributed by atoms with Gasteiger partial charge in [-0.2, -0.15) is 13.2 Å². The molecule has 0 aromatic rings. The summed E-state index contributed by atoms with van der Waals surface area (Å²) in [5.74, 6) is 1.25. The Bertz CT molecular complexity index is 485. The van der Waals surface area contributed by atoms with Gasteiger partial charge in [0.1, 0.15) is 0 Å². The number of hydrogen-bond donors (Lipinski definition) is 2. The summed E-state index contributed by atoms with van der Waals surface area (Å²) < 4.78 is 43.2. The standard InChI is InChI=1S/C19H36F3N5O.HI/c1-4-15(5-2)17(27-8-10-28-11-9-27)12-24-18(23-3)25-16-6-7-26(13-16)14-19(20,21)22;/h15-17H,4-14H2,1-3H3,(H2,23,24,25);1H. The minimum absolute atomic E-state index is 0. The number of hydrogen-bond acceptors (Lipinski definition) is 4. The molecule has 29 heavy (non-hydrogen) atoms. The topological polar surface area (TPSA) is 52.1 Å². The van der Waals surface area contributed by atoms with Crippen molar-refractivity contribution in [1.82, 2.24) is 20.4 Å². The second kappa shape index (κ2) is 13.2. The number of nitrogens with one attached hydrogen (secondary N) is 2. The van der Waals surface area contributed by atoms with E-state index in [9.17, 15) is 13.2 Å². The van der Waals surface area contributed by atoms with Gasteiger partial charge in [0.15, 0.2) is 5.96 Å². The Balaban J connectivity index is 0.00000420. The van der Waals surface area contributed by atoms with Gasteiger partial charge in [-0.05, 0) is 12.3 Å². The van der Waals surface area contributed by atoms with Crippen molar-refractivity contribution < 1.29 is 17.9 Å². The fourth-order valence-corrected chi connectivity index (χ4v) is 4.27. The highest BCUT2D eigenvalue weighted by molar-refractivity contribution is 14.0. The molecule has 2 saturated heterocycles. The van der Waals surface area contributed by atoms with E-state index in [4.69, 9.17) is 4.74 Å². The fraction of sp³-hybridized carbons (Fsp3) is 0.947. The lowest BCUT2D eigenvalue weighted by atomic mass is 9.92. The summed E-state index contributed by atoms with van der Waals surface area (Å²) in [5.41, 5.74) is 0. The van der Waals surface area contributed by atoms with Crippen LogP contribution >= 0.6 is 24.0 Å². The van der Waals surface area contributed by atoms with Gasteiger partial charge < -0.3 is 15.4 Å². The lowest BCUT2D eigenvalue weighted by molar-refractivity contribution is -0.143. The molecular weight excluding hydrogens is 498 g/mol. The highest BCUT2D eigenvalue weighted by atomic mass is 127. The van der Waals surface area contributed by atoms with E-state index in [0.29, 0.717) is 37.4 Å². The van der Waals surface area contributed by atoms with Crippen LogP contribution in [-0.2, 0) is 4.74 Å². The summed E-state index contributed by atoms with van der Waals surface area (Å²) in [6.45, 7) is 8.62. The largest absolute Gasteiger partial charge is 0.401 e. The van der Waals surface area contributed by atoms with Crippen LogP contribution in [0.5, 0.6) is 0 Å². The predicted octanol–water partition coefficient (Wildman–Crippen LogP) is 2.54. The van der Waals surface area contributed by atoms with Crippen molar-refractivity contribution in [2.75, 3.05) is 59.5 Å². The van der Waals surface area contributed by atoms with Crippen LogP contribution in [0.4, 0.5) is 13.2 Å². The first-order chi connectivity index (χ1) is 13.4. The van der Waals surface area contributed by atoms with Crippen molar-refractivity contribution in [3.8, 4) is 0 Å². The van der Waals surface area contributed by atoms with Crippen LogP contribution in [0.2, 0.25) is 0 Å². The van der Waals surface area contributed by atoms with Gasteiger partial charge in [0.25, 0.3) is 0 Å². The van der Waals surface area contributed by atoms with Crippen LogP contribution in [0, 0.1) is 5.92 Å². The maximum atomic E-state index is 12.6. The molecule has 2 rings (SSSR count). The molecule has 2 N–H and O–H groups in total. The van der Waals surface area contributed by atoms with Gasteiger partial charge in [-0.25, -0.2) is 0 Å². The summed E-state index contributed by atoms with van der Waals surface area (Å²) in [7, 11) is 1.71. The van der Waals surface area contributed by atoms with E-state index in [1.807, 2.05) is 0 Å². The molecule has 0 aromatic heterocycles. The zero-order chi connectivity index (χ0) is 20.6. The van der Waals surface area contributed by atoms with Crippen molar-refractivity contribution in [3.63, 3.8) is 0 Å². The zero-order valence-corrected chi connectivity index (χ0v) is 20.1. The number of nitrogens with zero attached hydrogens (tertiary/aromatic N) is 3. The molecule has 0 bridgehead atoms. The van der Waals surface area contributed by atoms with Gasteiger partial charge >= 0.3 is 6.18 Å². The molecule has 0 amide bonds. The number of aliphatic imine (C=N–C) groups is 1. The third-order valence-electron chi connectivity index (χ3n) is 5.83. The normalized spacial score (nSPS) is 23.1. The fourth-order valence-electron chi connectivity index (χ4n) is 4.27. The highest BCUT2D eigenvalue weighted by Crippen LogP contribution is 2.21. The van der Waals surface area contributed by atoms with Crippen molar-refractivity contribution >= 4 is 29.9 Å². The molecular formula is C19H37F3IN5O. The molecule has 2 atom stereocenters. The van der Waals surface area contributed by atoms with E-state index in [0.717, 1.165) is 45.7 Å². The molecule has 172 valence electrons. The molecule has 0 spiro atoms. The zero-order valence-electron chi connectivity index (χ0n) is 17.8. The van der Waals surface area contributed by atoms with Crippen LogP contribution in [0.3, 0.4) is 0 Å². The molecule has 0 radical (unpaired) electrons. The number of guanidine groups is 1.